The van der Waals surface area contributed by atoms with Crippen LogP contribution in [0.15, 0.2) is 36.5 Å². The summed E-state index contributed by atoms with van der Waals surface area (Å²) >= 11 is 0. The van der Waals surface area contributed by atoms with Crippen molar-refractivity contribution in [2.45, 2.75) is 56.7 Å². The van der Waals surface area contributed by atoms with Gasteiger partial charge in [0, 0.05) is 30.8 Å². The first kappa shape index (κ1) is 14.9. The van der Waals surface area contributed by atoms with Gasteiger partial charge in [-0.3, -0.25) is 5.10 Å². The highest BCUT2D eigenvalue weighted by molar-refractivity contribution is 5.21. The molecule has 0 bridgehead atoms. The Morgan fingerprint density at radius 3 is 3.00 bits per heavy atom. The van der Waals surface area contributed by atoms with E-state index in [-0.39, 0.29) is 0 Å². The van der Waals surface area contributed by atoms with E-state index >= 15 is 0 Å². The average Bonchev–Trinajstić information content (AvgIpc) is 3.26. The van der Waals surface area contributed by atoms with Gasteiger partial charge in [-0.15, -0.1) is 0 Å². The van der Waals surface area contributed by atoms with Crippen LogP contribution < -0.4 is 5.32 Å². The minimum absolute atomic E-state index is 0.346. The molecule has 23 heavy (non-hydrogen) atoms. The summed E-state index contributed by atoms with van der Waals surface area (Å²) in [7, 11) is 0. The van der Waals surface area contributed by atoms with Crippen LogP contribution in [0.5, 0.6) is 0 Å². The zero-order valence-electron chi connectivity index (χ0n) is 13.5. The lowest BCUT2D eigenvalue weighted by Gasteiger charge is -2.31. The van der Waals surface area contributed by atoms with Crippen LogP contribution in [-0.2, 0) is 24.0 Å². The van der Waals surface area contributed by atoms with Gasteiger partial charge in [-0.2, -0.15) is 5.10 Å². The van der Waals surface area contributed by atoms with Crippen LogP contribution in [0, 0.1) is 0 Å². The maximum atomic E-state index is 6.00. The van der Waals surface area contributed by atoms with Crippen molar-refractivity contribution >= 4 is 0 Å². The largest absolute Gasteiger partial charge is 0.377 e. The molecule has 1 aromatic carbocycles. The monoisotopic (exact) mass is 311 g/mol. The molecule has 0 amide bonds. The lowest BCUT2D eigenvalue weighted by molar-refractivity contribution is 0.0731. The third kappa shape index (κ3) is 3.48. The van der Waals surface area contributed by atoms with Crippen molar-refractivity contribution in [2.24, 2.45) is 0 Å². The number of hydrogen-bond acceptors (Lipinski definition) is 3. The molecule has 2 heterocycles. The summed E-state index contributed by atoms with van der Waals surface area (Å²) in [5, 5.41) is 11.2. The quantitative estimate of drug-likeness (QED) is 0.892. The van der Waals surface area contributed by atoms with E-state index in [4.69, 9.17) is 4.74 Å². The van der Waals surface area contributed by atoms with Gasteiger partial charge in [-0.1, -0.05) is 30.3 Å². The molecule has 1 aliphatic heterocycles. The van der Waals surface area contributed by atoms with Gasteiger partial charge in [-0.25, -0.2) is 0 Å². The summed E-state index contributed by atoms with van der Waals surface area (Å²) in [5.74, 6) is 0. The van der Waals surface area contributed by atoms with E-state index in [0.717, 1.165) is 25.9 Å². The molecule has 3 unspecified atom stereocenters. The van der Waals surface area contributed by atoms with Crippen molar-refractivity contribution in [2.75, 3.05) is 6.61 Å². The number of hydrogen-bond donors (Lipinski definition) is 2. The number of nitrogens with one attached hydrogen (secondary N) is 2. The van der Waals surface area contributed by atoms with E-state index < -0.39 is 0 Å². The smallest absolute Gasteiger partial charge is 0.0732 e. The molecule has 3 atom stereocenters. The zero-order chi connectivity index (χ0) is 15.5. The van der Waals surface area contributed by atoms with Gasteiger partial charge in [-0.05, 0) is 43.2 Å². The van der Waals surface area contributed by atoms with E-state index in [1.165, 1.54) is 36.1 Å². The molecule has 2 aromatic rings. The molecule has 2 aliphatic rings. The van der Waals surface area contributed by atoms with Gasteiger partial charge in [0.25, 0.3) is 0 Å². The zero-order valence-corrected chi connectivity index (χ0v) is 13.5. The third-order valence-corrected chi connectivity index (χ3v) is 5.18. The molecule has 1 fully saturated rings. The van der Waals surface area contributed by atoms with Gasteiger partial charge < -0.3 is 10.1 Å². The Morgan fingerprint density at radius 2 is 2.17 bits per heavy atom. The summed E-state index contributed by atoms with van der Waals surface area (Å²) in [4.78, 5) is 0. The molecule has 1 saturated heterocycles. The highest BCUT2D eigenvalue weighted by Crippen LogP contribution is 2.23. The standard InChI is InChI=1S/C19H25N3O/c1-2-5-14(6-3-1)11-18(19-7-4-10-23-19)21-16-9-8-15-13-20-22-17(15)12-16/h1-3,5-6,13,16,18-19,21H,4,7-12H2,(H,20,22). The predicted octanol–water partition coefficient (Wildman–Crippen LogP) is 2.65. The summed E-state index contributed by atoms with van der Waals surface area (Å²) < 4.78 is 6.00. The highest BCUT2D eigenvalue weighted by atomic mass is 16.5. The van der Waals surface area contributed by atoms with Crippen LogP contribution in [0.4, 0.5) is 0 Å². The number of benzene rings is 1. The number of aromatic amines is 1. The first-order valence-corrected chi connectivity index (χ1v) is 8.81. The molecule has 4 nitrogen and oxygen atoms in total. The number of nitrogens with zero attached hydrogens (tertiary/aromatic N) is 1. The Morgan fingerprint density at radius 1 is 1.26 bits per heavy atom. The highest BCUT2D eigenvalue weighted by Gasteiger charge is 2.29. The first-order chi connectivity index (χ1) is 11.4. The lowest BCUT2D eigenvalue weighted by atomic mass is 9.91. The van der Waals surface area contributed by atoms with Gasteiger partial charge in [0.1, 0.15) is 0 Å². The Labute approximate surface area is 137 Å². The summed E-state index contributed by atoms with van der Waals surface area (Å²) in [6.07, 6.45) is 9.08. The number of H-pyrrole nitrogens is 1. The maximum absolute atomic E-state index is 6.00. The van der Waals surface area contributed by atoms with E-state index in [9.17, 15) is 0 Å². The average molecular weight is 311 g/mol. The minimum Gasteiger partial charge on any atom is -0.377 e. The van der Waals surface area contributed by atoms with Gasteiger partial charge in [0.05, 0.1) is 12.3 Å². The van der Waals surface area contributed by atoms with Gasteiger partial charge >= 0.3 is 0 Å². The Balaban J connectivity index is 1.45. The third-order valence-electron chi connectivity index (χ3n) is 5.18. The number of ether oxygens (including phenoxy) is 1. The molecule has 1 aliphatic carbocycles. The van der Waals surface area contributed by atoms with Crippen LogP contribution >= 0.6 is 0 Å². The van der Waals surface area contributed by atoms with Crippen molar-refractivity contribution in [1.82, 2.24) is 15.5 Å². The molecule has 1 aromatic heterocycles. The van der Waals surface area contributed by atoms with Gasteiger partial charge in [0.2, 0.25) is 0 Å². The lowest BCUT2D eigenvalue weighted by Crippen LogP contribution is -2.48. The van der Waals surface area contributed by atoms with Gasteiger partial charge in [0.15, 0.2) is 0 Å². The van der Waals surface area contributed by atoms with Crippen LogP contribution in [-0.4, -0.2) is 35.0 Å². The van der Waals surface area contributed by atoms with E-state index in [2.05, 4.69) is 45.8 Å². The van der Waals surface area contributed by atoms with Crippen molar-refractivity contribution in [1.29, 1.82) is 0 Å². The van der Waals surface area contributed by atoms with E-state index in [1.807, 2.05) is 6.20 Å². The molecule has 0 saturated carbocycles. The van der Waals surface area contributed by atoms with Crippen LogP contribution in [0.3, 0.4) is 0 Å². The SMILES string of the molecule is c1ccc(CC(NC2CCc3cn[nH]c3C2)C2CCCO2)cc1. The molecule has 0 spiro atoms. The number of rotatable bonds is 5. The van der Waals surface area contributed by atoms with Crippen molar-refractivity contribution in [3.63, 3.8) is 0 Å². The van der Waals surface area contributed by atoms with E-state index in [0.29, 0.717) is 18.2 Å². The van der Waals surface area contributed by atoms with Crippen LogP contribution in [0.25, 0.3) is 0 Å². The molecular weight excluding hydrogens is 286 g/mol. The van der Waals surface area contributed by atoms with E-state index in [1.54, 1.807) is 0 Å². The van der Waals surface area contributed by atoms with Crippen LogP contribution in [0.2, 0.25) is 0 Å². The fourth-order valence-corrected chi connectivity index (χ4v) is 3.94. The topological polar surface area (TPSA) is 49.9 Å². The fourth-order valence-electron chi connectivity index (χ4n) is 3.94. The summed E-state index contributed by atoms with van der Waals surface area (Å²) in [6.45, 7) is 0.910. The Hall–Kier alpha value is -1.65. The first-order valence-electron chi connectivity index (χ1n) is 8.81. The van der Waals surface area contributed by atoms with Crippen LogP contribution in [0.1, 0.15) is 36.1 Å². The minimum atomic E-state index is 0.346. The molecule has 4 rings (SSSR count). The molecule has 4 heteroatoms. The number of aromatic nitrogens is 2. The van der Waals surface area contributed by atoms with Crippen molar-refractivity contribution < 1.29 is 4.74 Å². The second-order valence-corrected chi connectivity index (χ2v) is 6.83. The Kier molecular flexibility index (Phi) is 4.44. The molecule has 0 radical (unpaired) electrons. The second-order valence-electron chi connectivity index (χ2n) is 6.83. The normalized spacial score (nSPS) is 25.2. The maximum Gasteiger partial charge on any atom is 0.0732 e. The van der Waals surface area contributed by atoms with Crippen molar-refractivity contribution in [3.8, 4) is 0 Å². The second kappa shape index (κ2) is 6.85. The molecular formula is C19H25N3O. The summed E-state index contributed by atoms with van der Waals surface area (Å²) in [5.41, 5.74) is 4.08. The number of aryl methyl sites for hydroxylation is 1. The molecule has 122 valence electrons. The Bertz CT molecular complexity index is 619. The molecule has 2 N–H and O–H groups in total. The van der Waals surface area contributed by atoms with Crippen molar-refractivity contribution in [3.05, 3.63) is 53.3 Å². The predicted molar refractivity (Wildman–Crippen MR) is 90.4 cm³/mol. The number of fused-ring (bicyclic) bond motifs is 1. The fraction of sp³-hybridized carbons (Fsp3) is 0.526. The summed E-state index contributed by atoms with van der Waals surface area (Å²) in [6, 6.07) is 11.7.